The summed E-state index contributed by atoms with van der Waals surface area (Å²) in [4.78, 5) is 26.8. The molecule has 0 aliphatic carbocycles. The van der Waals surface area contributed by atoms with E-state index in [0.29, 0.717) is 30.8 Å². The van der Waals surface area contributed by atoms with E-state index in [-0.39, 0.29) is 72.9 Å². The lowest BCUT2D eigenvalue weighted by Gasteiger charge is -2.41. The predicted molar refractivity (Wildman–Crippen MR) is 193 cm³/mol. The van der Waals surface area contributed by atoms with Crippen LogP contribution in [-0.4, -0.2) is 98.8 Å². The lowest BCUT2D eigenvalue weighted by molar-refractivity contribution is -0.186. The molecule has 0 bridgehead atoms. The summed E-state index contributed by atoms with van der Waals surface area (Å²) in [5.41, 5.74) is -0.114. The monoisotopic (exact) mass is 788 g/mol. The van der Waals surface area contributed by atoms with Gasteiger partial charge >= 0.3 is 18.1 Å². The number of hydrogen-bond acceptors (Lipinski definition) is 10. The van der Waals surface area contributed by atoms with Crippen molar-refractivity contribution in [2.45, 2.75) is 62.1 Å². The van der Waals surface area contributed by atoms with Gasteiger partial charge in [-0.15, -0.1) is 0 Å². The van der Waals surface area contributed by atoms with E-state index in [9.17, 15) is 36.4 Å². The molecule has 12 nitrogen and oxygen atoms in total. The molecule has 2 aromatic carbocycles. The van der Waals surface area contributed by atoms with Gasteiger partial charge in [-0.05, 0) is 55.6 Å². The van der Waals surface area contributed by atoms with E-state index < -0.39 is 47.1 Å². The average molecular weight is 789 g/mol. The fourth-order valence-corrected chi connectivity index (χ4v) is 7.54. The highest BCUT2D eigenvalue weighted by molar-refractivity contribution is 7.92. The van der Waals surface area contributed by atoms with E-state index in [4.69, 9.17) is 30.5 Å². The van der Waals surface area contributed by atoms with Gasteiger partial charge in [0, 0.05) is 40.4 Å². The summed E-state index contributed by atoms with van der Waals surface area (Å²) in [6.07, 6.45) is -2.20. The van der Waals surface area contributed by atoms with Crippen LogP contribution in [0, 0.1) is 11.3 Å². The Morgan fingerprint density at radius 2 is 1.88 bits per heavy atom. The van der Waals surface area contributed by atoms with E-state index in [1.165, 1.54) is 30.3 Å². The maximum Gasteiger partial charge on any atom is 0.471 e. The number of hydrogen-bond donors (Lipinski definition) is 1. The highest BCUT2D eigenvalue weighted by atomic mass is 35.5. The first kappa shape index (κ1) is 42.6. The third-order valence-corrected chi connectivity index (χ3v) is 11.4. The van der Waals surface area contributed by atoms with Crippen molar-refractivity contribution in [2.24, 2.45) is 0 Å². The number of ether oxygens (including phenoxy) is 4. The van der Waals surface area contributed by atoms with Gasteiger partial charge in [0.2, 0.25) is 0 Å². The molecule has 1 heterocycles. The molecule has 1 saturated heterocycles. The molecule has 1 N–H and O–H groups in total. The van der Waals surface area contributed by atoms with Crippen LogP contribution in [0.5, 0.6) is 5.75 Å². The predicted octanol–water partition coefficient (Wildman–Crippen LogP) is 6.44. The number of sulfonamides is 1. The Hall–Kier alpha value is -3.82. The van der Waals surface area contributed by atoms with Crippen molar-refractivity contribution in [3.05, 3.63) is 59.1 Å². The molecule has 0 spiro atoms. The van der Waals surface area contributed by atoms with Crippen molar-refractivity contribution in [3.8, 4) is 11.8 Å². The van der Waals surface area contributed by atoms with Crippen LogP contribution in [0.4, 0.5) is 24.5 Å². The molecular formula is C34H44ClF3N4O8SSi. The van der Waals surface area contributed by atoms with Crippen LogP contribution in [0.15, 0.2) is 47.9 Å². The van der Waals surface area contributed by atoms with Gasteiger partial charge < -0.3 is 28.7 Å². The number of benzene rings is 2. The quantitative estimate of drug-likeness (QED) is 0.0589. The van der Waals surface area contributed by atoms with Crippen LogP contribution in [0.3, 0.4) is 0 Å². The van der Waals surface area contributed by atoms with Crippen molar-refractivity contribution in [3.63, 3.8) is 0 Å². The third-order valence-electron chi connectivity index (χ3n) is 8.03. The van der Waals surface area contributed by atoms with E-state index >= 15 is 0 Å². The number of anilines is 2. The van der Waals surface area contributed by atoms with E-state index in [1.54, 1.807) is 4.90 Å². The third kappa shape index (κ3) is 12.1. The van der Waals surface area contributed by atoms with Gasteiger partial charge in [-0.25, -0.2) is 13.2 Å². The summed E-state index contributed by atoms with van der Waals surface area (Å²) < 4.78 is 93.0. The molecule has 1 unspecified atom stereocenters. The molecule has 0 radical (unpaired) electrons. The molecule has 1 amide bonds. The number of nitriles is 1. The number of rotatable bonds is 18. The number of amides is 1. The van der Waals surface area contributed by atoms with Crippen LogP contribution in [0.25, 0.3) is 0 Å². The molecule has 1 fully saturated rings. The second-order valence-electron chi connectivity index (χ2n) is 13.2. The number of carbonyl (C=O) groups excluding carboxylic acids is 2. The van der Waals surface area contributed by atoms with E-state index in [0.717, 1.165) is 19.2 Å². The largest absolute Gasteiger partial charge is 0.488 e. The van der Waals surface area contributed by atoms with Crippen LogP contribution < -0.4 is 14.4 Å². The second kappa shape index (κ2) is 18.8. The summed E-state index contributed by atoms with van der Waals surface area (Å²) in [6.45, 7) is 9.66. The molecule has 2 aromatic rings. The number of piperidine rings is 1. The molecule has 18 heteroatoms. The first-order chi connectivity index (χ1) is 24.4. The Bertz CT molecular complexity index is 1730. The maximum atomic E-state index is 14.0. The second-order valence-corrected chi connectivity index (χ2v) is 20.8. The standard InChI is InChI=1S/C34H44ClF3N4O8SSi/c1-6-14-50-30-11-10-24(32(43)47-2)19-31(30)51(45,46)40-28-18-25(21-39)27(35)20-29(28)42-12-8-7-9-26(42)22-41(33(44)34(36,37)38)13-15-48-23-49-16-17-52(3,4)5/h6,10-11,18-20,26,40H,1,7-9,12-17,22-23H2,2-5H3. The van der Waals surface area contributed by atoms with Crippen LogP contribution in [0.2, 0.25) is 30.7 Å². The molecule has 3 rings (SSSR count). The molecular weight excluding hydrogens is 745 g/mol. The maximum absolute atomic E-state index is 14.0. The van der Waals surface area contributed by atoms with Crippen LogP contribution in [-0.2, 0) is 29.0 Å². The summed E-state index contributed by atoms with van der Waals surface area (Å²) in [6, 6.07) is 8.31. The van der Waals surface area contributed by atoms with Gasteiger partial charge in [-0.2, -0.15) is 18.4 Å². The molecule has 286 valence electrons. The Kier molecular flexibility index (Phi) is 15.4. The van der Waals surface area contributed by atoms with Crippen molar-refractivity contribution in [1.82, 2.24) is 4.90 Å². The zero-order valence-electron chi connectivity index (χ0n) is 29.6. The van der Waals surface area contributed by atoms with Crippen molar-refractivity contribution < 1.29 is 50.1 Å². The molecule has 52 heavy (non-hydrogen) atoms. The highest BCUT2D eigenvalue weighted by Gasteiger charge is 2.43. The summed E-state index contributed by atoms with van der Waals surface area (Å²) in [5, 5.41) is 9.71. The smallest absolute Gasteiger partial charge is 0.471 e. The Labute approximate surface area is 308 Å². The minimum absolute atomic E-state index is 0.0294. The van der Waals surface area contributed by atoms with Crippen molar-refractivity contribution in [2.75, 3.05) is 63.0 Å². The van der Waals surface area contributed by atoms with Gasteiger partial charge in [0.1, 0.15) is 30.1 Å². The van der Waals surface area contributed by atoms with E-state index in [1.807, 2.05) is 6.07 Å². The lowest BCUT2D eigenvalue weighted by Crippen LogP contribution is -2.52. The number of esters is 1. The summed E-state index contributed by atoms with van der Waals surface area (Å²) >= 11 is 6.43. The summed E-state index contributed by atoms with van der Waals surface area (Å²) in [7, 11) is -4.79. The van der Waals surface area contributed by atoms with Gasteiger partial charge in [0.05, 0.1) is 41.2 Å². The number of nitrogens with zero attached hydrogens (tertiary/aromatic N) is 3. The number of methoxy groups -OCH3 is 1. The first-order valence-corrected chi connectivity index (χ1v) is 22.0. The molecule has 0 aromatic heterocycles. The number of halogens is 4. The van der Waals surface area contributed by atoms with Crippen LogP contribution >= 0.6 is 11.6 Å². The summed E-state index contributed by atoms with van der Waals surface area (Å²) in [5.74, 6) is -2.96. The topological polar surface area (TPSA) is 148 Å². The Balaban J connectivity index is 1.97. The van der Waals surface area contributed by atoms with E-state index in [2.05, 4.69) is 30.9 Å². The minimum Gasteiger partial charge on any atom is -0.488 e. The van der Waals surface area contributed by atoms with Gasteiger partial charge in [-0.3, -0.25) is 9.52 Å². The molecule has 1 aliphatic heterocycles. The zero-order valence-corrected chi connectivity index (χ0v) is 32.1. The number of alkyl halides is 3. The van der Waals surface area contributed by atoms with Gasteiger partial charge in [-0.1, -0.05) is 43.9 Å². The Morgan fingerprint density at radius 1 is 1.17 bits per heavy atom. The van der Waals surface area contributed by atoms with Crippen molar-refractivity contribution >= 4 is 52.9 Å². The van der Waals surface area contributed by atoms with Crippen LogP contribution in [0.1, 0.15) is 35.2 Å². The lowest BCUT2D eigenvalue weighted by atomic mass is 9.99. The minimum atomic E-state index is -5.16. The normalized spacial score (nSPS) is 15.1. The van der Waals surface area contributed by atoms with Crippen molar-refractivity contribution in [1.29, 1.82) is 5.26 Å². The molecule has 1 aliphatic rings. The molecule has 0 saturated carbocycles. The molecule has 1 atom stereocenters. The zero-order chi connectivity index (χ0) is 38.7. The number of carbonyl (C=O) groups is 2. The fraction of sp³-hybridized carbons (Fsp3) is 0.500. The average Bonchev–Trinajstić information content (AvgIpc) is 3.08. The highest BCUT2D eigenvalue weighted by Crippen LogP contribution is 2.38. The van der Waals surface area contributed by atoms with Gasteiger partial charge in [0.15, 0.2) is 0 Å². The SMILES string of the molecule is C=CCOc1ccc(C(=O)OC)cc1S(=O)(=O)Nc1cc(C#N)c(Cl)cc1N1CCCCC1CN(CCOCOCC[Si](C)(C)C)C(=O)C(F)(F)F. The van der Waals surface area contributed by atoms with Gasteiger partial charge in [0.25, 0.3) is 10.0 Å². The fourth-order valence-electron chi connectivity index (χ4n) is 5.35. The number of nitrogens with one attached hydrogen (secondary N) is 1. The Morgan fingerprint density at radius 3 is 2.52 bits per heavy atom. The first-order valence-electron chi connectivity index (χ1n) is 16.4.